The quantitative estimate of drug-likeness (QED) is 0.540. The van der Waals surface area contributed by atoms with Gasteiger partial charge in [-0.3, -0.25) is 4.90 Å². The summed E-state index contributed by atoms with van der Waals surface area (Å²) >= 11 is 0. The van der Waals surface area contributed by atoms with Gasteiger partial charge in [0.25, 0.3) is 0 Å². The van der Waals surface area contributed by atoms with Gasteiger partial charge in [-0.2, -0.15) is 5.26 Å². The standard InChI is InChI=1S/C27H34N2O2/c1-15-7-8-16-11-26-13-27-18(16)19(15)31-21(27)23(5)9-10-25(27,20(26)29(26)14-28)12-17(23)24(6,30)22(2,3)4/h7-8,17,20-21,30H,9-13H2,1-6H3/t17?,20-,21?,23?,24?,25?,26+,27-,29?/m0/s1. The number of rotatable bonds is 1. The maximum Gasteiger partial charge on any atom is 0.180 e. The van der Waals surface area contributed by atoms with E-state index < -0.39 is 5.60 Å². The minimum absolute atomic E-state index is 0.0113. The second-order valence-electron chi connectivity index (χ2n) is 13.4. The molecule has 4 nitrogen and oxygen atoms in total. The monoisotopic (exact) mass is 418 g/mol. The second kappa shape index (κ2) is 4.65. The molecule has 2 heterocycles. The van der Waals surface area contributed by atoms with Crippen LogP contribution in [0.4, 0.5) is 0 Å². The first-order chi connectivity index (χ1) is 14.4. The van der Waals surface area contributed by atoms with E-state index in [2.05, 4.69) is 64.8 Å². The van der Waals surface area contributed by atoms with E-state index in [1.54, 1.807) is 0 Å². The molecule has 0 amide bonds. The molecule has 4 saturated carbocycles. The zero-order valence-electron chi connectivity index (χ0n) is 19.7. The molecule has 0 radical (unpaired) electrons. The molecule has 1 saturated heterocycles. The van der Waals surface area contributed by atoms with E-state index in [4.69, 9.17) is 4.74 Å². The summed E-state index contributed by atoms with van der Waals surface area (Å²) in [4.78, 5) is 2.15. The van der Waals surface area contributed by atoms with Crippen molar-refractivity contribution < 1.29 is 9.84 Å². The molecule has 31 heavy (non-hydrogen) atoms. The average Bonchev–Trinajstić information content (AvgIpc) is 3.03. The van der Waals surface area contributed by atoms with Gasteiger partial charge >= 0.3 is 0 Å². The Kier molecular flexibility index (Phi) is 2.82. The molecule has 8 atom stereocenters. The van der Waals surface area contributed by atoms with Crippen LogP contribution >= 0.6 is 0 Å². The Labute approximate surface area is 185 Å². The molecule has 4 bridgehead atoms. The highest BCUT2D eigenvalue weighted by atomic mass is 16.5. The van der Waals surface area contributed by atoms with Crippen LogP contribution in [-0.4, -0.2) is 33.3 Å². The van der Waals surface area contributed by atoms with Crippen LogP contribution in [0.15, 0.2) is 12.1 Å². The largest absolute Gasteiger partial charge is 0.488 e. The number of benzene rings is 1. The van der Waals surface area contributed by atoms with Crippen molar-refractivity contribution in [1.29, 1.82) is 5.26 Å². The highest BCUT2D eigenvalue weighted by molar-refractivity contribution is 5.65. The van der Waals surface area contributed by atoms with Gasteiger partial charge in [-0.1, -0.05) is 39.8 Å². The summed E-state index contributed by atoms with van der Waals surface area (Å²) in [6.45, 7) is 13.2. The fourth-order valence-corrected chi connectivity index (χ4v) is 9.90. The molecule has 1 aromatic carbocycles. The Morgan fingerprint density at radius 2 is 1.97 bits per heavy atom. The van der Waals surface area contributed by atoms with Crippen LogP contribution in [-0.2, 0) is 11.8 Å². The normalized spacial score (nSPS) is 49.1. The summed E-state index contributed by atoms with van der Waals surface area (Å²) in [5.74, 6) is 1.29. The van der Waals surface area contributed by atoms with E-state index >= 15 is 0 Å². The molecule has 2 aliphatic heterocycles. The van der Waals surface area contributed by atoms with Crippen LogP contribution in [0.1, 0.15) is 77.0 Å². The molecule has 7 aliphatic rings. The lowest BCUT2D eigenvalue weighted by molar-refractivity contribution is -0.245. The maximum absolute atomic E-state index is 12.0. The van der Waals surface area contributed by atoms with E-state index in [1.807, 2.05) is 0 Å². The summed E-state index contributed by atoms with van der Waals surface area (Å²) in [7, 11) is 0. The number of aryl methyl sites for hydroxylation is 1. The van der Waals surface area contributed by atoms with Crippen molar-refractivity contribution in [2.24, 2.45) is 22.2 Å². The van der Waals surface area contributed by atoms with E-state index in [9.17, 15) is 10.4 Å². The Hall–Kier alpha value is -1.73. The Morgan fingerprint density at radius 3 is 2.65 bits per heavy atom. The first-order valence-corrected chi connectivity index (χ1v) is 12.1. The highest BCUT2D eigenvalue weighted by Gasteiger charge is 2.92. The van der Waals surface area contributed by atoms with Crippen molar-refractivity contribution in [3.8, 4) is 11.9 Å². The summed E-state index contributed by atoms with van der Waals surface area (Å²) in [6.07, 6.45) is 7.96. The smallest absolute Gasteiger partial charge is 0.180 e. The third kappa shape index (κ3) is 1.55. The molecular formula is C27H34N2O2. The minimum Gasteiger partial charge on any atom is -0.488 e. The molecule has 5 unspecified atom stereocenters. The van der Waals surface area contributed by atoms with Crippen LogP contribution in [0.25, 0.3) is 0 Å². The fraction of sp³-hybridized carbons (Fsp3) is 0.741. The fourth-order valence-electron chi connectivity index (χ4n) is 9.90. The number of piperidine rings is 1. The number of likely N-dealkylation sites (tertiary alicyclic amines) is 1. The van der Waals surface area contributed by atoms with Gasteiger partial charge in [0.2, 0.25) is 0 Å². The van der Waals surface area contributed by atoms with Gasteiger partial charge in [-0.15, -0.1) is 0 Å². The van der Waals surface area contributed by atoms with Crippen molar-refractivity contribution >= 4 is 0 Å². The van der Waals surface area contributed by atoms with Gasteiger partial charge in [0.05, 0.1) is 17.2 Å². The topological polar surface area (TPSA) is 56.3 Å². The molecule has 4 heteroatoms. The van der Waals surface area contributed by atoms with Crippen LogP contribution in [0.3, 0.4) is 0 Å². The number of nitriles is 1. The number of nitrogens with zero attached hydrogens (tertiary/aromatic N) is 2. The van der Waals surface area contributed by atoms with Gasteiger partial charge in [0.15, 0.2) is 6.19 Å². The molecule has 1 N–H and O–H groups in total. The molecule has 1 aromatic rings. The molecule has 5 aliphatic carbocycles. The number of ether oxygens (including phenoxy) is 1. The predicted octanol–water partition coefficient (Wildman–Crippen LogP) is 4.46. The summed E-state index contributed by atoms with van der Waals surface area (Å²) in [5.41, 5.74) is 3.07. The third-order valence-corrected chi connectivity index (χ3v) is 11.6. The van der Waals surface area contributed by atoms with Crippen molar-refractivity contribution in [1.82, 2.24) is 4.90 Å². The number of hydrogen-bond acceptors (Lipinski definition) is 4. The van der Waals surface area contributed by atoms with Gasteiger partial charge in [-0.25, -0.2) is 0 Å². The summed E-state index contributed by atoms with van der Waals surface area (Å²) in [5, 5.41) is 22.1. The van der Waals surface area contributed by atoms with Crippen molar-refractivity contribution in [2.75, 3.05) is 0 Å². The zero-order valence-corrected chi connectivity index (χ0v) is 19.7. The van der Waals surface area contributed by atoms with Gasteiger partial charge in [-0.05, 0) is 68.4 Å². The van der Waals surface area contributed by atoms with E-state index in [0.29, 0.717) is 6.04 Å². The average molecular weight is 419 g/mol. The van der Waals surface area contributed by atoms with Crippen molar-refractivity contribution in [3.63, 3.8) is 0 Å². The summed E-state index contributed by atoms with van der Waals surface area (Å²) < 4.78 is 7.05. The Bertz CT molecular complexity index is 1110. The Morgan fingerprint density at radius 1 is 1.23 bits per heavy atom. The molecule has 164 valence electrons. The molecule has 5 fully saturated rings. The van der Waals surface area contributed by atoms with E-state index in [0.717, 1.165) is 37.9 Å². The Balaban J connectivity index is 1.53. The summed E-state index contributed by atoms with van der Waals surface area (Å²) in [6, 6.07) is 4.84. The third-order valence-electron chi connectivity index (χ3n) is 11.6. The SMILES string of the molecule is Cc1ccc2c3c1OC1C4(C)CCC5(CC4C(C)(O)C(C)(C)C)[C@@H]4N(C#N)[C@]4(C2)C[C@]315. The van der Waals surface area contributed by atoms with E-state index in [-0.39, 0.29) is 39.2 Å². The molecule has 8 rings (SSSR count). The lowest BCUT2D eigenvalue weighted by Gasteiger charge is -2.69. The maximum atomic E-state index is 12.0. The lowest BCUT2D eigenvalue weighted by Crippen LogP contribution is -2.73. The predicted molar refractivity (Wildman–Crippen MR) is 118 cm³/mol. The van der Waals surface area contributed by atoms with Gasteiger partial charge in [0.1, 0.15) is 11.9 Å². The van der Waals surface area contributed by atoms with Crippen molar-refractivity contribution in [3.05, 3.63) is 28.8 Å². The van der Waals surface area contributed by atoms with Crippen LogP contribution < -0.4 is 4.74 Å². The molecular weight excluding hydrogens is 384 g/mol. The van der Waals surface area contributed by atoms with Gasteiger partial charge < -0.3 is 9.84 Å². The van der Waals surface area contributed by atoms with Gasteiger partial charge in [0, 0.05) is 21.8 Å². The first kappa shape index (κ1) is 18.8. The second-order valence-corrected chi connectivity index (χ2v) is 13.4. The minimum atomic E-state index is -0.803. The number of hydrogen-bond donors (Lipinski definition) is 1. The molecule has 3 spiro atoms. The van der Waals surface area contributed by atoms with Crippen LogP contribution in [0, 0.1) is 40.5 Å². The van der Waals surface area contributed by atoms with Crippen LogP contribution in [0.2, 0.25) is 0 Å². The van der Waals surface area contributed by atoms with E-state index in [1.165, 1.54) is 16.7 Å². The zero-order chi connectivity index (χ0) is 22.0. The lowest BCUT2D eigenvalue weighted by atomic mass is 9.35. The highest BCUT2D eigenvalue weighted by Crippen LogP contribution is 2.86. The molecule has 0 aromatic heterocycles. The van der Waals surface area contributed by atoms with Crippen molar-refractivity contribution in [2.45, 2.75) is 102 Å². The first-order valence-electron chi connectivity index (χ1n) is 12.1. The number of aliphatic hydroxyl groups is 1. The number of fused-ring (bicyclic) bond motifs is 2. The van der Waals surface area contributed by atoms with Crippen LogP contribution in [0.5, 0.6) is 5.75 Å².